The van der Waals surface area contributed by atoms with Gasteiger partial charge in [-0.25, -0.2) is 9.97 Å². The summed E-state index contributed by atoms with van der Waals surface area (Å²) in [6, 6.07) is 0. The van der Waals surface area contributed by atoms with Crippen LogP contribution in [0.1, 0.15) is 57.9 Å². The lowest BCUT2D eigenvalue weighted by atomic mass is 9.72. The van der Waals surface area contributed by atoms with Crippen molar-refractivity contribution >= 4 is 39.1 Å². The first kappa shape index (κ1) is 18.0. The molecule has 1 aliphatic carbocycles. The summed E-state index contributed by atoms with van der Waals surface area (Å²) in [4.78, 5) is 12.0. The second kappa shape index (κ2) is 6.83. The second-order valence-corrected chi connectivity index (χ2v) is 10.6. The van der Waals surface area contributed by atoms with Crippen LogP contribution in [0, 0.1) is 17.3 Å². The van der Waals surface area contributed by atoms with Crippen molar-refractivity contribution < 1.29 is 0 Å². The summed E-state index contributed by atoms with van der Waals surface area (Å²) in [6.07, 6.45) is 4.70. The molecule has 0 unspecified atom stereocenters. The first-order chi connectivity index (χ1) is 11.3. The van der Waals surface area contributed by atoms with E-state index in [9.17, 15) is 0 Å². The van der Waals surface area contributed by atoms with E-state index >= 15 is 0 Å². The van der Waals surface area contributed by atoms with Crippen LogP contribution in [-0.4, -0.2) is 15.7 Å². The van der Waals surface area contributed by atoms with Crippen molar-refractivity contribution in [1.82, 2.24) is 9.97 Å². The molecule has 2 N–H and O–H groups in total. The van der Waals surface area contributed by atoms with Crippen LogP contribution in [0.15, 0.2) is 5.16 Å². The summed E-state index contributed by atoms with van der Waals surface area (Å²) < 4.78 is 0. The van der Waals surface area contributed by atoms with Crippen LogP contribution in [0.4, 0.5) is 5.82 Å². The van der Waals surface area contributed by atoms with Gasteiger partial charge in [-0.3, -0.25) is 0 Å². The zero-order valence-corrected chi connectivity index (χ0v) is 17.1. The van der Waals surface area contributed by atoms with Crippen molar-refractivity contribution in [3.05, 3.63) is 10.4 Å². The monoisotopic (exact) mass is 363 g/mol. The van der Waals surface area contributed by atoms with Gasteiger partial charge in [0.05, 0.1) is 5.39 Å². The Kier molecular flexibility index (Phi) is 5.12. The molecule has 3 rings (SSSR count). The number of nitrogens with zero attached hydrogens (tertiary/aromatic N) is 2. The number of thioether (sulfide) groups is 1. The lowest BCUT2D eigenvalue weighted by molar-refractivity contribution is 0.218. The summed E-state index contributed by atoms with van der Waals surface area (Å²) in [7, 11) is 0. The second-order valence-electron chi connectivity index (χ2n) is 8.41. The van der Waals surface area contributed by atoms with Gasteiger partial charge in [-0.15, -0.1) is 11.3 Å². The predicted molar refractivity (Wildman–Crippen MR) is 107 cm³/mol. The minimum Gasteiger partial charge on any atom is -0.383 e. The molecule has 5 heteroatoms. The van der Waals surface area contributed by atoms with E-state index in [0.29, 0.717) is 17.2 Å². The molecule has 0 radical (unpaired) electrons. The summed E-state index contributed by atoms with van der Waals surface area (Å²) in [5.74, 6) is 3.19. The van der Waals surface area contributed by atoms with Crippen molar-refractivity contribution in [2.45, 2.75) is 65.5 Å². The van der Waals surface area contributed by atoms with Crippen molar-refractivity contribution in [2.24, 2.45) is 17.3 Å². The number of fused-ring (bicyclic) bond motifs is 3. The quantitative estimate of drug-likeness (QED) is 0.570. The molecule has 0 spiro atoms. The van der Waals surface area contributed by atoms with E-state index in [1.807, 2.05) is 11.3 Å². The Balaban J connectivity index is 1.88. The normalized spacial score (nSPS) is 18.3. The fraction of sp³-hybridized carbons (Fsp3) is 0.684. The van der Waals surface area contributed by atoms with Crippen LogP contribution in [-0.2, 0) is 12.8 Å². The summed E-state index contributed by atoms with van der Waals surface area (Å²) in [6.45, 7) is 11.6. The first-order valence-electron chi connectivity index (χ1n) is 8.96. The number of anilines is 1. The van der Waals surface area contributed by atoms with E-state index in [2.05, 4.69) is 39.6 Å². The molecule has 0 amide bonds. The molecule has 0 aliphatic heterocycles. The van der Waals surface area contributed by atoms with Crippen LogP contribution < -0.4 is 5.73 Å². The number of nitrogens with two attached hydrogens (primary N) is 1. The third kappa shape index (κ3) is 3.72. The van der Waals surface area contributed by atoms with Gasteiger partial charge in [0, 0.05) is 10.6 Å². The van der Waals surface area contributed by atoms with E-state index in [1.54, 1.807) is 11.8 Å². The molecule has 2 aromatic rings. The Hall–Kier alpha value is -0.810. The van der Waals surface area contributed by atoms with Crippen molar-refractivity contribution in [1.29, 1.82) is 0 Å². The molecule has 0 saturated heterocycles. The Morgan fingerprint density at radius 2 is 2.04 bits per heavy atom. The number of hydrogen-bond acceptors (Lipinski definition) is 5. The number of aryl methyl sites for hydroxylation is 1. The van der Waals surface area contributed by atoms with Crippen LogP contribution in [0.5, 0.6) is 0 Å². The van der Waals surface area contributed by atoms with Crippen molar-refractivity contribution in [3.8, 4) is 0 Å². The lowest BCUT2D eigenvalue weighted by Crippen LogP contribution is -2.26. The number of rotatable bonds is 4. The number of thiophene rings is 1. The van der Waals surface area contributed by atoms with Gasteiger partial charge in [0.25, 0.3) is 0 Å². The zero-order valence-electron chi connectivity index (χ0n) is 15.5. The minimum atomic E-state index is 0.364. The van der Waals surface area contributed by atoms with Gasteiger partial charge in [-0.1, -0.05) is 46.4 Å². The smallest absolute Gasteiger partial charge is 0.190 e. The van der Waals surface area contributed by atoms with E-state index in [-0.39, 0.29) is 0 Å². The Bertz CT molecular complexity index is 728. The SMILES string of the molecule is CC(C)CCSc1nc(N)c2c3c(sc2n1)C[C@H](C(C)(C)C)CC3. The Labute approximate surface area is 153 Å². The van der Waals surface area contributed by atoms with E-state index in [1.165, 1.54) is 23.3 Å². The van der Waals surface area contributed by atoms with Gasteiger partial charge in [0.1, 0.15) is 10.6 Å². The highest BCUT2D eigenvalue weighted by atomic mass is 32.2. The third-order valence-corrected chi connectivity index (χ3v) is 7.10. The van der Waals surface area contributed by atoms with Crippen LogP contribution in [0.2, 0.25) is 0 Å². The maximum Gasteiger partial charge on any atom is 0.190 e. The summed E-state index contributed by atoms with van der Waals surface area (Å²) in [5.41, 5.74) is 8.11. The Morgan fingerprint density at radius 1 is 1.29 bits per heavy atom. The van der Waals surface area contributed by atoms with Gasteiger partial charge >= 0.3 is 0 Å². The molecule has 132 valence electrons. The van der Waals surface area contributed by atoms with Crippen LogP contribution in [0.25, 0.3) is 10.2 Å². The molecule has 24 heavy (non-hydrogen) atoms. The van der Waals surface area contributed by atoms with Crippen molar-refractivity contribution in [3.63, 3.8) is 0 Å². The summed E-state index contributed by atoms with van der Waals surface area (Å²) in [5, 5.41) is 1.97. The van der Waals surface area contributed by atoms with Crippen molar-refractivity contribution in [2.75, 3.05) is 11.5 Å². The summed E-state index contributed by atoms with van der Waals surface area (Å²) >= 11 is 3.58. The molecule has 0 aromatic carbocycles. The van der Waals surface area contributed by atoms with Gasteiger partial charge < -0.3 is 5.73 Å². The highest BCUT2D eigenvalue weighted by Gasteiger charge is 2.31. The molecule has 2 heterocycles. The van der Waals surface area contributed by atoms with Crippen LogP contribution in [0.3, 0.4) is 0 Å². The van der Waals surface area contributed by atoms with Gasteiger partial charge in [-0.2, -0.15) is 0 Å². The number of aromatic nitrogens is 2. The number of nitrogen functional groups attached to an aromatic ring is 1. The molecule has 2 aromatic heterocycles. The van der Waals surface area contributed by atoms with Gasteiger partial charge in [-0.05, 0) is 48.5 Å². The van der Waals surface area contributed by atoms with E-state index in [4.69, 9.17) is 10.7 Å². The topological polar surface area (TPSA) is 51.8 Å². The standard InChI is InChI=1S/C19H29N3S2/c1-11(2)8-9-23-18-21-16(20)15-13-7-6-12(19(3,4)5)10-14(13)24-17(15)22-18/h11-12H,6-10H2,1-5H3,(H2,20,21,22)/t12-/m1/s1. The fourth-order valence-corrected chi connectivity index (χ4v) is 5.83. The zero-order chi connectivity index (χ0) is 17.5. The third-order valence-electron chi connectivity index (χ3n) is 5.07. The highest BCUT2D eigenvalue weighted by Crippen LogP contribution is 2.44. The molecule has 1 aliphatic rings. The van der Waals surface area contributed by atoms with E-state index in [0.717, 1.165) is 39.9 Å². The molecule has 0 fully saturated rings. The van der Waals surface area contributed by atoms with Gasteiger partial charge in [0.15, 0.2) is 5.16 Å². The maximum absolute atomic E-state index is 6.32. The predicted octanol–water partition coefficient (Wildman–Crippen LogP) is 5.56. The molecule has 0 bridgehead atoms. The lowest BCUT2D eigenvalue weighted by Gasteiger charge is -2.33. The number of hydrogen-bond donors (Lipinski definition) is 1. The largest absolute Gasteiger partial charge is 0.383 e. The Morgan fingerprint density at radius 3 is 2.71 bits per heavy atom. The maximum atomic E-state index is 6.32. The molecule has 1 atom stereocenters. The molecular weight excluding hydrogens is 334 g/mol. The first-order valence-corrected chi connectivity index (χ1v) is 10.8. The average Bonchev–Trinajstić information content (AvgIpc) is 2.83. The molecular formula is C19H29N3S2. The average molecular weight is 364 g/mol. The van der Waals surface area contributed by atoms with Gasteiger partial charge in [0.2, 0.25) is 0 Å². The molecule has 3 nitrogen and oxygen atoms in total. The highest BCUT2D eigenvalue weighted by molar-refractivity contribution is 7.99. The molecule has 0 saturated carbocycles. The minimum absolute atomic E-state index is 0.364. The fourth-order valence-electron chi connectivity index (χ4n) is 3.37. The van der Waals surface area contributed by atoms with E-state index < -0.39 is 0 Å². The van der Waals surface area contributed by atoms with Crippen LogP contribution >= 0.6 is 23.1 Å².